The summed E-state index contributed by atoms with van der Waals surface area (Å²) in [6, 6.07) is 0.0366. The maximum absolute atomic E-state index is 11.6. The van der Waals surface area contributed by atoms with E-state index in [2.05, 4.69) is 5.32 Å². The molecule has 1 rings (SSSR count). The van der Waals surface area contributed by atoms with E-state index in [0.29, 0.717) is 13.0 Å². The highest BCUT2D eigenvalue weighted by Gasteiger charge is 2.34. The van der Waals surface area contributed by atoms with Crippen LogP contribution in [0.5, 0.6) is 0 Å². The average molecular weight is 243 g/mol. The number of carbonyl (C=O) groups excluding carboxylic acids is 1. The number of hydrogen-bond donors (Lipinski definition) is 2. The Hall–Kier alpha value is -0.610. The first-order chi connectivity index (χ1) is 7.70. The molecule has 0 radical (unpaired) electrons. The highest BCUT2D eigenvalue weighted by atomic mass is 16.6. The third kappa shape index (κ3) is 5.50. The van der Waals surface area contributed by atoms with E-state index in [4.69, 9.17) is 4.74 Å². The molecule has 4 nitrogen and oxygen atoms in total. The summed E-state index contributed by atoms with van der Waals surface area (Å²) in [5.41, 5.74) is -0.967. The average Bonchev–Trinajstić information content (AvgIpc) is 2.08. The minimum Gasteiger partial charge on any atom is -0.460 e. The lowest BCUT2D eigenvalue weighted by atomic mass is 9.80. The lowest BCUT2D eigenvalue weighted by Crippen LogP contribution is -2.48. The van der Waals surface area contributed by atoms with E-state index in [-0.39, 0.29) is 12.0 Å². The van der Waals surface area contributed by atoms with Gasteiger partial charge >= 0.3 is 5.97 Å². The molecule has 1 fully saturated rings. The highest BCUT2D eigenvalue weighted by molar-refractivity contribution is 5.70. The van der Waals surface area contributed by atoms with Gasteiger partial charge in [-0.15, -0.1) is 0 Å². The van der Waals surface area contributed by atoms with Gasteiger partial charge < -0.3 is 15.2 Å². The molecule has 0 saturated heterocycles. The fraction of sp³-hybridized carbons (Fsp3) is 0.923. The van der Waals surface area contributed by atoms with Gasteiger partial charge in [-0.2, -0.15) is 0 Å². The van der Waals surface area contributed by atoms with Crippen LogP contribution in [0.1, 0.15) is 53.4 Å². The Morgan fingerprint density at radius 2 is 2.06 bits per heavy atom. The SMILES string of the molecule is CC(CC(=O)OC(C)(C)C)NCC1(O)CCC1. The number of hydrogen-bond acceptors (Lipinski definition) is 4. The summed E-state index contributed by atoms with van der Waals surface area (Å²) in [7, 11) is 0. The Morgan fingerprint density at radius 3 is 2.47 bits per heavy atom. The molecule has 0 heterocycles. The molecule has 17 heavy (non-hydrogen) atoms. The van der Waals surface area contributed by atoms with Crippen LogP contribution in [0.3, 0.4) is 0 Å². The molecule has 2 N–H and O–H groups in total. The standard InChI is InChI=1S/C13H25NO3/c1-10(8-11(15)17-12(2,3)4)14-9-13(16)6-5-7-13/h10,14,16H,5-9H2,1-4H3. The summed E-state index contributed by atoms with van der Waals surface area (Å²) in [5, 5.41) is 13.1. The molecule has 1 unspecified atom stereocenters. The molecule has 1 saturated carbocycles. The molecule has 1 aliphatic rings. The fourth-order valence-corrected chi connectivity index (χ4v) is 1.83. The smallest absolute Gasteiger partial charge is 0.307 e. The number of nitrogens with one attached hydrogen (secondary N) is 1. The van der Waals surface area contributed by atoms with E-state index in [1.54, 1.807) is 0 Å². The molecule has 0 aromatic heterocycles. The largest absolute Gasteiger partial charge is 0.460 e. The fourth-order valence-electron chi connectivity index (χ4n) is 1.83. The first kappa shape index (κ1) is 14.5. The van der Waals surface area contributed by atoms with Crippen LogP contribution in [0.4, 0.5) is 0 Å². The first-order valence-corrected chi connectivity index (χ1v) is 6.38. The summed E-state index contributed by atoms with van der Waals surface area (Å²) >= 11 is 0. The molecule has 1 atom stereocenters. The van der Waals surface area contributed by atoms with Gasteiger partial charge in [-0.25, -0.2) is 0 Å². The van der Waals surface area contributed by atoms with Gasteiger partial charge in [0.05, 0.1) is 12.0 Å². The van der Waals surface area contributed by atoms with Gasteiger partial charge in [0.1, 0.15) is 5.60 Å². The molecule has 0 aromatic carbocycles. The monoisotopic (exact) mass is 243 g/mol. The third-order valence-corrected chi connectivity index (χ3v) is 2.96. The number of aliphatic hydroxyl groups is 1. The second kappa shape index (κ2) is 5.36. The highest BCUT2D eigenvalue weighted by Crippen LogP contribution is 2.30. The van der Waals surface area contributed by atoms with E-state index >= 15 is 0 Å². The van der Waals surface area contributed by atoms with E-state index in [1.807, 2.05) is 27.7 Å². The minimum atomic E-state index is -0.539. The molecule has 0 bridgehead atoms. The molecule has 0 amide bonds. The van der Waals surface area contributed by atoms with Gasteiger partial charge in [0, 0.05) is 12.6 Å². The topological polar surface area (TPSA) is 58.6 Å². The van der Waals surface area contributed by atoms with Crippen molar-refractivity contribution in [3.63, 3.8) is 0 Å². The maximum atomic E-state index is 11.6. The molecule has 0 aromatic rings. The minimum absolute atomic E-state index is 0.0366. The van der Waals surface area contributed by atoms with Crippen LogP contribution in [0.15, 0.2) is 0 Å². The summed E-state index contributed by atoms with van der Waals surface area (Å²) in [6.07, 6.45) is 3.16. The number of ether oxygens (including phenoxy) is 1. The van der Waals surface area contributed by atoms with Crippen molar-refractivity contribution in [1.82, 2.24) is 5.32 Å². The van der Waals surface area contributed by atoms with Crippen molar-refractivity contribution in [2.75, 3.05) is 6.54 Å². The van der Waals surface area contributed by atoms with E-state index in [1.165, 1.54) is 0 Å². The summed E-state index contributed by atoms with van der Waals surface area (Å²) < 4.78 is 5.24. The van der Waals surface area contributed by atoms with Crippen LogP contribution in [-0.4, -0.2) is 34.9 Å². The lowest BCUT2D eigenvalue weighted by Gasteiger charge is -2.37. The summed E-state index contributed by atoms with van der Waals surface area (Å²) in [4.78, 5) is 11.6. The molecule has 4 heteroatoms. The second-order valence-electron chi connectivity index (χ2n) is 6.15. The second-order valence-corrected chi connectivity index (χ2v) is 6.15. The van der Waals surface area contributed by atoms with Gasteiger partial charge in [-0.1, -0.05) is 0 Å². The quantitative estimate of drug-likeness (QED) is 0.720. The predicted octanol–water partition coefficient (Wildman–Crippen LogP) is 1.61. The van der Waals surface area contributed by atoms with Crippen LogP contribution in [0.25, 0.3) is 0 Å². The van der Waals surface area contributed by atoms with Gasteiger partial charge in [0.15, 0.2) is 0 Å². The Kier molecular flexibility index (Phi) is 4.55. The van der Waals surface area contributed by atoms with Crippen molar-refractivity contribution in [3.8, 4) is 0 Å². The molecule has 100 valence electrons. The summed E-state index contributed by atoms with van der Waals surface area (Å²) in [6.45, 7) is 8.09. The first-order valence-electron chi connectivity index (χ1n) is 6.38. The zero-order valence-electron chi connectivity index (χ0n) is 11.4. The van der Waals surface area contributed by atoms with Crippen molar-refractivity contribution in [2.24, 2.45) is 0 Å². The van der Waals surface area contributed by atoms with Gasteiger partial charge in [-0.3, -0.25) is 4.79 Å². The Labute approximate surface area is 104 Å². The molecular formula is C13H25NO3. The van der Waals surface area contributed by atoms with Gasteiger partial charge in [0.2, 0.25) is 0 Å². The maximum Gasteiger partial charge on any atom is 0.307 e. The van der Waals surface area contributed by atoms with E-state index in [9.17, 15) is 9.90 Å². The van der Waals surface area contributed by atoms with Crippen molar-refractivity contribution >= 4 is 5.97 Å². The van der Waals surface area contributed by atoms with Crippen molar-refractivity contribution in [1.29, 1.82) is 0 Å². The number of esters is 1. The predicted molar refractivity (Wildman–Crippen MR) is 66.7 cm³/mol. The normalized spacial score (nSPS) is 20.5. The third-order valence-electron chi connectivity index (χ3n) is 2.96. The molecular weight excluding hydrogens is 218 g/mol. The van der Waals surface area contributed by atoms with Crippen LogP contribution in [-0.2, 0) is 9.53 Å². The summed E-state index contributed by atoms with van der Waals surface area (Å²) in [5.74, 6) is -0.196. The van der Waals surface area contributed by atoms with Crippen LogP contribution in [0, 0.1) is 0 Å². The Bertz CT molecular complexity index is 266. The van der Waals surface area contributed by atoms with Gasteiger partial charge in [-0.05, 0) is 47.0 Å². The number of rotatable bonds is 5. The van der Waals surface area contributed by atoms with Crippen LogP contribution < -0.4 is 5.32 Å². The van der Waals surface area contributed by atoms with Crippen molar-refractivity contribution < 1.29 is 14.6 Å². The van der Waals surface area contributed by atoms with E-state index in [0.717, 1.165) is 19.3 Å². The zero-order chi connectivity index (χ0) is 13.1. The van der Waals surface area contributed by atoms with Gasteiger partial charge in [0.25, 0.3) is 0 Å². The number of carbonyl (C=O) groups is 1. The van der Waals surface area contributed by atoms with E-state index < -0.39 is 11.2 Å². The molecule has 1 aliphatic carbocycles. The Balaban J connectivity index is 2.20. The zero-order valence-corrected chi connectivity index (χ0v) is 11.4. The Morgan fingerprint density at radius 1 is 1.47 bits per heavy atom. The lowest BCUT2D eigenvalue weighted by molar-refractivity contribution is -0.155. The van der Waals surface area contributed by atoms with Crippen molar-refractivity contribution in [3.05, 3.63) is 0 Å². The molecule has 0 spiro atoms. The van der Waals surface area contributed by atoms with Crippen LogP contribution in [0.2, 0.25) is 0 Å². The van der Waals surface area contributed by atoms with Crippen LogP contribution >= 0.6 is 0 Å². The molecule has 0 aliphatic heterocycles. The van der Waals surface area contributed by atoms with Crippen molar-refractivity contribution in [2.45, 2.75) is 70.6 Å².